The molecule has 11 heteroatoms. The number of ketones is 1. The van der Waals surface area contributed by atoms with Crippen molar-refractivity contribution in [3.8, 4) is 0 Å². The highest BCUT2D eigenvalue weighted by molar-refractivity contribution is 5.86. The van der Waals surface area contributed by atoms with Crippen molar-refractivity contribution in [3.63, 3.8) is 0 Å². The molecule has 0 aromatic heterocycles. The van der Waals surface area contributed by atoms with Gasteiger partial charge in [0.25, 0.3) is 0 Å². The minimum Gasteiger partial charge on any atom is -0.444 e. The number of Topliss-reactive ketones (excluding diaryl/α,β-unsaturated/α-hetero) is 1. The molecule has 332 valence electrons. The van der Waals surface area contributed by atoms with Gasteiger partial charge < -0.3 is 44.1 Å². The first kappa shape index (κ1) is 49.6. The van der Waals surface area contributed by atoms with Gasteiger partial charge in [-0.2, -0.15) is 0 Å². The molecular weight excluding hydrogens is 725 g/mol. The first-order valence-electron chi connectivity index (χ1n) is 23.4. The van der Waals surface area contributed by atoms with Crippen LogP contribution in [0.2, 0.25) is 0 Å². The van der Waals surface area contributed by atoms with E-state index in [2.05, 4.69) is 6.92 Å². The van der Waals surface area contributed by atoms with Crippen LogP contribution in [0.4, 0.5) is 4.79 Å². The largest absolute Gasteiger partial charge is 0.444 e. The summed E-state index contributed by atoms with van der Waals surface area (Å²) in [6.07, 6.45) is 22.4. The Hall–Kier alpha value is -1.79. The van der Waals surface area contributed by atoms with E-state index in [0.717, 1.165) is 96.3 Å². The third-order valence-electron chi connectivity index (χ3n) is 12.3. The summed E-state index contributed by atoms with van der Waals surface area (Å²) in [6.45, 7) is 11.1. The second-order valence-corrected chi connectivity index (χ2v) is 18.7. The van der Waals surface area contributed by atoms with E-state index in [0.29, 0.717) is 32.6 Å². The highest BCUT2D eigenvalue weighted by Crippen LogP contribution is 2.35. The number of amides is 2. The number of unbranched alkanes of at least 4 members (excludes halogenated alkanes) is 12. The summed E-state index contributed by atoms with van der Waals surface area (Å²) in [7, 11) is 0. The van der Waals surface area contributed by atoms with E-state index >= 15 is 0 Å². The molecule has 3 aliphatic rings. The Labute approximate surface area is 346 Å². The quantitative estimate of drug-likeness (QED) is 0.0661. The molecule has 3 rings (SSSR count). The second kappa shape index (κ2) is 27.1. The Morgan fingerprint density at radius 3 is 1.56 bits per heavy atom. The van der Waals surface area contributed by atoms with Crippen LogP contribution in [0.25, 0.3) is 0 Å². The van der Waals surface area contributed by atoms with Gasteiger partial charge in [-0.1, -0.05) is 96.8 Å². The number of rotatable bonds is 28. The lowest BCUT2D eigenvalue weighted by atomic mass is 9.93. The first-order valence-corrected chi connectivity index (χ1v) is 23.4. The van der Waals surface area contributed by atoms with Crippen molar-refractivity contribution in [1.29, 1.82) is 0 Å². The number of hydrogen-bond donors (Lipinski definition) is 3. The van der Waals surface area contributed by atoms with Crippen LogP contribution in [0, 0.1) is 5.92 Å². The predicted molar refractivity (Wildman–Crippen MR) is 225 cm³/mol. The molecule has 0 bridgehead atoms. The third kappa shape index (κ3) is 19.9. The maximum Gasteiger partial charge on any atom is 0.410 e. The SMILES string of the molecule is CCCCCC[C@H](O)CCC[C@H](O)[C@H]1CC[C@H]([C@H]2CC[C@H]([C@H](O)CCCCCCCCCCCCC(CC(C)=O)C(=O)N3CCN(C(=O)OC(C)(C)C)CC3)O2)O1. The highest BCUT2D eigenvalue weighted by atomic mass is 16.6. The lowest BCUT2D eigenvalue weighted by Gasteiger charge is -2.37. The molecule has 1 unspecified atom stereocenters. The van der Waals surface area contributed by atoms with Gasteiger partial charge in [0.2, 0.25) is 5.91 Å². The summed E-state index contributed by atoms with van der Waals surface area (Å²) < 4.78 is 18.0. The van der Waals surface area contributed by atoms with Crippen molar-refractivity contribution < 1.29 is 43.9 Å². The molecule has 0 aliphatic carbocycles. The molecular formula is C46H84N2O9. The van der Waals surface area contributed by atoms with Crippen molar-refractivity contribution in [2.45, 2.75) is 243 Å². The standard InChI is InChI=1S/C46H84N2O9/c1-6-7-8-18-22-37(50)23-20-25-39(52)41-27-29-43(56-41)42-28-26-40(55-42)38(51)24-19-16-14-12-10-9-11-13-15-17-21-36(34-35(2)49)44(53)47-30-32-48(33-31-47)45(54)57-46(3,4)5/h36-43,50-52H,6-34H2,1-5H3/t36?,37-,38+,39-,40+,41+,42+,43+/m0/s1. The Bertz CT molecular complexity index is 1120. The molecule has 3 saturated heterocycles. The van der Waals surface area contributed by atoms with Crippen LogP contribution in [-0.4, -0.2) is 117 Å². The average molecular weight is 809 g/mol. The van der Waals surface area contributed by atoms with E-state index in [4.69, 9.17) is 14.2 Å². The fourth-order valence-electron chi connectivity index (χ4n) is 8.89. The number of hydrogen-bond acceptors (Lipinski definition) is 9. The lowest BCUT2D eigenvalue weighted by molar-refractivity contribution is -0.139. The van der Waals surface area contributed by atoms with Gasteiger partial charge in [0.05, 0.1) is 42.7 Å². The van der Waals surface area contributed by atoms with Gasteiger partial charge in [-0.3, -0.25) is 4.79 Å². The van der Waals surface area contributed by atoms with Crippen molar-refractivity contribution in [3.05, 3.63) is 0 Å². The zero-order valence-electron chi connectivity index (χ0n) is 36.8. The summed E-state index contributed by atoms with van der Waals surface area (Å²) in [6, 6.07) is 0. The minimum absolute atomic E-state index is 0.00345. The molecule has 8 atom stereocenters. The fourth-order valence-corrected chi connectivity index (χ4v) is 8.89. The van der Waals surface area contributed by atoms with Gasteiger partial charge in [0, 0.05) is 38.5 Å². The van der Waals surface area contributed by atoms with Crippen LogP contribution in [0.5, 0.6) is 0 Å². The van der Waals surface area contributed by atoms with Crippen LogP contribution in [-0.2, 0) is 23.8 Å². The van der Waals surface area contributed by atoms with Gasteiger partial charge in [0.15, 0.2) is 0 Å². The number of aliphatic hydroxyl groups is 3. The van der Waals surface area contributed by atoms with E-state index in [1.54, 1.807) is 11.8 Å². The maximum absolute atomic E-state index is 13.3. The maximum atomic E-state index is 13.3. The van der Waals surface area contributed by atoms with Crippen molar-refractivity contribution in [1.82, 2.24) is 9.80 Å². The van der Waals surface area contributed by atoms with Gasteiger partial charge in [0.1, 0.15) is 11.4 Å². The molecule has 0 aromatic rings. The predicted octanol–water partition coefficient (Wildman–Crippen LogP) is 8.66. The van der Waals surface area contributed by atoms with Crippen LogP contribution in [0.1, 0.15) is 195 Å². The summed E-state index contributed by atoms with van der Waals surface area (Å²) in [5.41, 5.74) is -0.551. The second-order valence-electron chi connectivity index (χ2n) is 18.7. The summed E-state index contributed by atoms with van der Waals surface area (Å²) in [5, 5.41) is 31.9. The Morgan fingerprint density at radius 2 is 1.05 bits per heavy atom. The molecule has 0 aromatic carbocycles. The first-order chi connectivity index (χ1) is 27.3. The topological polar surface area (TPSA) is 146 Å². The number of nitrogens with zero attached hydrogens (tertiary/aromatic N) is 2. The third-order valence-corrected chi connectivity index (χ3v) is 12.3. The number of aliphatic hydroxyl groups excluding tert-OH is 3. The molecule has 3 fully saturated rings. The van der Waals surface area contributed by atoms with E-state index in [1.165, 1.54) is 51.4 Å². The molecule has 0 saturated carbocycles. The Kier molecular flexibility index (Phi) is 23.6. The molecule has 3 heterocycles. The van der Waals surface area contributed by atoms with Crippen LogP contribution >= 0.6 is 0 Å². The lowest BCUT2D eigenvalue weighted by Crippen LogP contribution is -2.53. The molecule has 3 N–H and O–H groups in total. The van der Waals surface area contributed by atoms with Crippen LogP contribution < -0.4 is 0 Å². The van der Waals surface area contributed by atoms with E-state index in [1.807, 2.05) is 25.7 Å². The van der Waals surface area contributed by atoms with E-state index in [-0.39, 0.29) is 60.6 Å². The average Bonchev–Trinajstić information content (AvgIpc) is 3.87. The molecule has 3 aliphatic heterocycles. The number of piperazine rings is 1. The monoisotopic (exact) mass is 809 g/mol. The normalized spacial score (nSPS) is 23.7. The Balaban J connectivity index is 1.16. The minimum atomic E-state index is -0.551. The molecule has 2 amide bonds. The van der Waals surface area contributed by atoms with Crippen molar-refractivity contribution >= 4 is 17.8 Å². The summed E-state index contributed by atoms with van der Waals surface area (Å²) in [5.74, 6) is -0.195. The molecule has 0 radical (unpaired) electrons. The van der Waals surface area contributed by atoms with Crippen LogP contribution in [0.3, 0.4) is 0 Å². The summed E-state index contributed by atoms with van der Waals surface area (Å²) >= 11 is 0. The summed E-state index contributed by atoms with van der Waals surface area (Å²) in [4.78, 5) is 41.2. The molecule has 0 spiro atoms. The molecule has 11 nitrogen and oxygen atoms in total. The number of carbonyl (C=O) groups excluding carboxylic acids is 3. The zero-order valence-corrected chi connectivity index (χ0v) is 36.8. The smallest absolute Gasteiger partial charge is 0.410 e. The fraction of sp³-hybridized carbons (Fsp3) is 0.935. The Morgan fingerprint density at radius 1 is 0.614 bits per heavy atom. The van der Waals surface area contributed by atoms with Crippen molar-refractivity contribution in [2.24, 2.45) is 5.92 Å². The van der Waals surface area contributed by atoms with Crippen molar-refractivity contribution in [2.75, 3.05) is 26.2 Å². The van der Waals surface area contributed by atoms with Crippen LogP contribution in [0.15, 0.2) is 0 Å². The van der Waals surface area contributed by atoms with E-state index in [9.17, 15) is 29.7 Å². The zero-order chi connectivity index (χ0) is 41.6. The van der Waals surface area contributed by atoms with Gasteiger partial charge in [-0.05, 0) is 91.9 Å². The van der Waals surface area contributed by atoms with Gasteiger partial charge >= 0.3 is 6.09 Å². The van der Waals surface area contributed by atoms with Gasteiger partial charge in [-0.15, -0.1) is 0 Å². The number of carbonyl (C=O) groups is 3. The highest BCUT2D eigenvalue weighted by Gasteiger charge is 2.41. The van der Waals surface area contributed by atoms with Gasteiger partial charge in [-0.25, -0.2) is 4.79 Å². The van der Waals surface area contributed by atoms with E-state index < -0.39 is 17.8 Å². The molecule has 57 heavy (non-hydrogen) atoms. The number of ether oxygens (including phenoxy) is 3.